The third kappa shape index (κ3) is 2.99. The SMILES string of the molecule is CC1(C)c2ccccc2N2c3c1cc(-c1ccc(Br)cc1)c1c3N(c3ccccc3C1(C)C)C2c1ccccc1. The fourth-order valence-corrected chi connectivity index (χ4v) is 7.86. The van der Waals surface area contributed by atoms with Gasteiger partial charge in [0.25, 0.3) is 0 Å². The number of nitrogens with zero attached hydrogens (tertiary/aromatic N) is 2. The van der Waals surface area contributed by atoms with E-state index in [-0.39, 0.29) is 17.0 Å². The summed E-state index contributed by atoms with van der Waals surface area (Å²) in [6.07, 6.45) is 0.0170. The van der Waals surface area contributed by atoms with E-state index in [0.29, 0.717) is 0 Å². The minimum absolute atomic E-state index is 0.0170. The summed E-state index contributed by atoms with van der Waals surface area (Å²) < 4.78 is 1.10. The number of hydrogen-bond acceptors (Lipinski definition) is 2. The van der Waals surface area contributed by atoms with E-state index in [9.17, 15) is 0 Å². The Labute approximate surface area is 245 Å². The van der Waals surface area contributed by atoms with Gasteiger partial charge in [0.15, 0.2) is 0 Å². The average Bonchev–Trinajstić information content (AvgIpc) is 3.32. The molecule has 0 saturated heterocycles. The second-order valence-corrected chi connectivity index (χ2v) is 13.3. The molecule has 3 heteroatoms. The smallest absolute Gasteiger partial charge is 0.137 e. The number of fused-ring (bicyclic) bond motifs is 4. The first-order chi connectivity index (χ1) is 19.3. The fourth-order valence-electron chi connectivity index (χ4n) is 7.59. The predicted molar refractivity (Wildman–Crippen MR) is 170 cm³/mol. The summed E-state index contributed by atoms with van der Waals surface area (Å²) in [5.74, 6) is 0. The lowest BCUT2D eigenvalue weighted by molar-refractivity contribution is 0.613. The second-order valence-electron chi connectivity index (χ2n) is 12.4. The molecule has 1 unspecified atom stereocenters. The van der Waals surface area contributed by atoms with Crippen LogP contribution in [-0.2, 0) is 10.8 Å². The van der Waals surface area contributed by atoms with Crippen molar-refractivity contribution in [2.75, 3.05) is 9.80 Å². The zero-order valence-electron chi connectivity index (χ0n) is 23.2. The molecule has 8 rings (SSSR count). The number of anilines is 4. The van der Waals surface area contributed by atoms with E-state index < -0.39 is 0 Å². The Balaban J connectivity index is 1.57. The molecule has 1 atom stereocenters. The summed E-state index contributed by atoms with van der Waals surface area (Å²) in [5, 5.41) is 0. The van der Waals surface area contributed by atoms with Crippen LogP contribution in [0.15, 0.2) is 114 Å². The number of para-hydroxylation sites is 2. The average molecular weight is 584 g/mol. The van der Waals surface area contributed by atoms with Crippen LogP contribution in [-0.4, -0.2) is 0 Å². The van der Waals surface area contributed by atoms with Crippen LogP contribution in [0.4, 0.5) is 22.7 Å². The zero-order valence-corrected chi connectivity index (χ0v) is 24.8. The Morgan fingerprint density at radius 2 is 1.12 bits per heavy atom. The van der Waals surface area contributed by atoms with Gasteiger partial charge in [0.2, 0.25) is 0 Å². The van der Waals surface area contributed by atoms with Gasteiger partial charge in [0, 0.05) is 26.7 Å². The summed E-state index contributed by atoms with van der Waals surface area (Å²) in [7, 11) is 0. The Kier molecular flexibility index (Phi) is 4.87. The van der Waals surface area contributed by atoms with Crippen LogP contribution >= 0.6 is 15.9 Å². The van der Waals surface area contributed by atoms with Crippen molar-refractivity contribution in [1.82, 2.24) is 0 Å². The molecule has 3 heterocycles. The molecular formula is C37H31BrN2. The van der Waals surface area contributed by atoms with Gasteiger partial charge < -0.3 is 9.80 Å². The van der Waals surface area contributed by atoms with Gasteiger partial charge in [-0.1, -0.05) is 122 Å². The van der Waals surface area contributed by atoms with Crippen LogP contribution in [0.3, 0.4) is 0 Å². The normalized spacial score (nSPS) is 18.7. The van der Waals surface area contributed by atoms with Gasteiger partial charge in [0.1, 0.15) is 6.17 Å². The summed E-state index contributed by atoms with van der Waals surface area (Å²) in [4.78, 5) is 5.28. The van der Waals surface area contributed by atoms with Crippen LogP contribution < -0.4 is 9.80 Å². The van der Waals surface area contributed by atoms with Crippen LogP contribution in [0.5, 0.6) is 0 Å². The molecule has 0 radical (unpaired) electrons. The van der Waals surface area contributed by atoms with E-state index in [1.807, 2.05) is 0 Å². The molecule has 0 N–H and O–H groups in total. The highest BCUT2D eigenvalue weighted by atomic mass is 79.9. The van der Waals surface area contributed by atoms with E-state index in [1.54, 1.807) is 0 Å². The zero-order chi connectivity index (χ0) is 27.4. The molecule has 196 valence electrons. The summed E-state index contributed by atoms with van der Waals surface area (Å²) in [6, 6.07) is 40.5. The molecule has 40 heavy (non-hydrogen) atoms. The van der Waals surface area contributed by atoms with Gasteiger partial charge in [-0.3, -0.25) is 0 Å². The summed E-state index contributed by atoms with van der Waals surface area (Å²) in [5.41, 5.74) is 14.4. The molecule has 0 aromatic heterocycles. The minimum atomic E-state index is -0.182. The van der Waals surface area contributed by atoms with Crippen molar-refractivity contribution in [2.45, 2.75) is 44.7 Å². The number of rotatable bonds is 2. The number of benzene rings is 5. The standard InChI is InChI=1S/C37H31BrN2/c1-36(2)27-14-8-10-16-30(27)39-33-29(36)22-26(23-18-20-25(38)21-19-23)32-34(33)40(35(39)24-12-6-5-7-13-24)31-17-11-9-15-28(31)37(32,3)4/h5-22,35H,1-4H3. The van der Waals surface area contributed by atoms with E-state index in [1.165, 1.54) is 61.7 Å². The maximum absolute atomic E-state index is 3.67. The lowest BCUT2D eigenvalue weighted by Gasteiger charge is -2.43. The Morgan fingerprint density at radius 1 is 0.575 bits per heavy atom. The third-order valence-electron chi connectivity index (χ3n) is 9.47. The van der Waals surface area contributed by atoms with Gasteiger partial charge in [-0.2, -0.15) is 0 Å². The summed E-state index contributed by atoms with van der Waals surface area (Å²) in [6.45, 7) is 9.61. The van der Waals surface area contributed by atoms with Gasteiger partial charge in [-0.25, -0.2) is 0 Å². The first kappa shape index (κ1) is 24.0. The largest absolute Gasteiger partial charge is 0.314 e. The molecule has 0 saturated carbocycles. The minimum Gasteiger partial charge on any atom is -0.314 e. The van der Waals surface area contributed by atoms with Crippen LogP contribution in [0.1, 0.15) is 61.7 Å². The van der Waals surface area contributed by atoms with E-state index in [2.05, 4.69) is 163 Å². The van der Waals surface area contributed by atoms with E-state index in [4.69, 9.17) is 0 Å². The molecular weight excluding hydrogens is 552 g/mol. The van der Waals surface area contributed by atoms with E-state index in [0.717, 1.165) is 4.47 Å². The third-order valence-corrected chi connectivity index (χ3v) is 10.00. The molecule has 5 aromatic rings. The maximum atomic E-state index is 3.67. The van der Waals surface area contributed by atoms with E-state index >= 15 is 0 Å². The molecule has 0 fully saturated rings. The number of halogens is 1. The molecule has 0 spiro atoms. The lowest BCUT2D eigenvalue weighted by Crippen LogP contribution is -2.37. The Morgan fingerprint density at radius 3 is 1.77 bits per heavy atom. The van der Waals surface area contributed by atoms with Gasteiger partial charge >= 0.3 is 0 Å². The lowest BCUT2D eigenvalue weighted by atomic mass is 9.67. The predicted octanol–water partition coefficient (Wildman–Crippen LogP) is 10.4. The van der Waals surface area contributed by atoms with Crippen molar-refractivity contribution in [1.29, 1.82) is 0 Å². The first-order valence-corrected chi connectivity index (χ1v) is 14.9. The molecule has 0 amide bonds. The van der Waals surface area contributed by atoms with Crippen molar-refractivity contribution >= 4 is 38.7 Å². The summed E-state index contributed by atoms with van der Waals surface area (Å²) >= 11 is 3.67. The van der Waals surface area contributed by atoms with Crippen LogP contribution in [0.2, 0.25) is 0 Å². The molecule has 3 aliphatic heterocycles. The van der Waals surface area contributed by atoms with Crippen molar-refractivity contribution < 1.29 is 0 Å². The molecule has 0 bridgehead atoms. The van der Waals surface area contributed by atoms with Crippen LogP contribution in [0.25, 0.3) is 11.1 Å². The van der Waals surface area contributed by atoms with Crippen LogP contribution in [0, 0.1) is 0 Å². The van der Waals surface area contributed by atoms with Gasteiger partial charge in [-0.05, 0) is 69.3 Å². The number of hydrogen-bond donors (Lipinski definition) is 0. The molecule has 2 nitrogen and oxygen atoms in total. The maximum Gasteiger partial charge on any atom is 0.137 e. The first-order valence-electron chi connectivity index (χ1n) is 14.1. The van der Waals surface area contributed by atoms with Gasteiger partial charge in [-0.15, -0.1) is 0 Å². The highest BCUT2D eigenvalue weighted by Gasteiger charge is 2.53. The quantitative estimate of drug-likeness (QED) is 0.204. The Hall–Kier alpha value is -3.82. The molecule has 0 aliphatic carbocycles. The highest BCUT2D eigenvalue weighted by molar-refractivity contribution is 9.10. The highest BCUT2D eigenvalue weighted by Crippen LogP contribution is 2.68. The molecule has 5 aromatic carbocycles. The van der Waals surface area contributed by atoms with Crippen molar-refractivity contribution in [3.8, 4) is 11.1 Å². The van der Waals surface area contributed by atoms with Gasteiger partial charge in [0.05, 0.1) is 11.4 Å². The Bertz CT molecular complexity index is 1820. The van der Waals surface area contributed by atoms with Crippen molar-refractivity contribution in [2.24, 2.45) is 0 Å². The monoisotopic (exact) mass is 582 g/mol. The topological polar surface area (TPSA) is 6.48 Å². The fraction of sp³-hybridized carbons (Fsp3) is 0.189. The second kappa shape index (κ2) is 8.11. The molecule has 3 aliphatic rings. The van der Waals surface area contributed by atoms with Crippen molar-refractivity contribution in [3.05, 3.63) is 141 Å². The van der Waals surface area contributed by atoms with Crippen molar-refractivity contribution in [3.63, 3.8) is 0 Å².